The van der Waals surface area contributed by atoms with Crippen LogP contribution < -0.4 is 5.32 Å². The molecule has 27 heavy (non-hydrogen) atoms. The molecule has 1 aliphatic rings. The number of likely N-dealkylation sites (tertiary alicyclic amines) is 1. The van der Waals surface area contributed by atoms with Gasteiger partial charge in [-0.15, -0.1) is 0 Å². The quantitative estimate of drug-likeness (QED) is 0.673. The fraction of sp³-hybridized carbons (Fsp3) is 0.522. The first kappa shape index (κ1) is 21.2. The molecule has 0 aliphatic carbocycles. The topological polar surface area (TPSA) is 41.6 Å². The van der Waals surface area contributed by atoms with Crippen LogP contribution in [0.1, 0.15) is 45.6 Å². The predicted octanol–water partition coefficient (Wildman–Crippen LogP) is 4.72. The maximum atomic E-state index is 13.0. The molecule has 4 nitrogen and oxygen atoms in total. The Labute approximate surface area is 164 Å². The molecule has 1 amide bonds. The van der Waals surface area contributed by atoms with E-state index in [4.69, 9.17) is 4.74 Å². The lowest BCUT2D eigenvalue weighted by atomic mass is 9.87. The van der Waals surface area contributed by atoms with E-state index in [1.54, 1.807) is 6.08 Å². The second-order valence-corrected chi connectivity index (χ2v) is 7.16. The van der Waals surface area contributed by atoms with Gasteiger partial charge in [0, 0.05) is 18.1 Å². The SMILES string of the molecule is C=C/C(=C\C)COC(=O)N1C(CC)CC(NCC)CC1Cc1ccccc1. The van der Waals surface area contributed by atoms with Gasteiger partial charge in [0.05, 0.1) is 0 Å². The fourth-order valence-electron chi connectivity index (χ4n) is 3.94. The largest absolute Gasteiger partial charge is 0.445 e. The van der Waals surface area contributed by atoms with Gasteiger partial charge in [0.15, 0.2) is 0 Å². The Morgan fingerprint density at radius 1 is 1.26 bits per heavy atom. The number of piperidine rings is 1. The minimum atomic E-state index is -0.209. The number of carbonyl (C=O) groups excluding carboxylic acids is 1. The summed E-state index contributed by atoms with van der Waals surface area (Å²) >= 11 is 0. The van der Waals surface area contributed by atoms with Crippen molar-refractivity contribution < 1.29 is 9.53 Å². The van der Waals surface area contributed by atoms with Gasteiger partial charge in [-0.2, -0.15) is 0 Å². The first-order valence-corrected chi connectivity index (χ1v) is 10.1. The van der Waals surface area contributed by atoms with Crippen LogP contribution in [0, 0.1) is 0 Å². The summed E-state index contributed by atoms with van der Waals surface area (Å²) in [6.07, 6.45) is 7.17. The molecule has 0 spiro atoms. The van der Waals surface area contributed by atoms with E-state index in [0.29, 0.717) is 6.04 Å². The van der Waals surface area contributed by atoms with E-state index in [2.05, 4.69) is 50.0 Å². The molecule has 1 N–H and O–H groups in total. The lowest BCUT2D eigenvalue weighted by Gasteiger charge is -2.44. The molecular formula is C23H34N2O2. The number of ether oxygens (including phenoxy) is 1. The monoisotopic (exact) mass is 370 g/mol. The number of nitrogens with zero attached hydrogens (tertiary/aromatic N) is 1. The van der Waals surface area contributed by atoms with Crippen molar-refractivity contribution in [1.82, 2.24) is 10.2 Å². The molecule has 0 saturated carbocycles. The van der Waals surface area contributed by atoms with Crippen LogP contribution >= 0.6 is 0 Å². The van der Waals surface area contributed by atoms with Gasteiger partial charge >= 0.3 is 6.09 Å². The molecule has 3 unspecified atom stereocenters. The van der Waals surface area contributed by atoms with Crippen molar-refractivity contribution in [3.63, 3.8) is 0 Å². The number of hydrogen-bond donors (Lipinski definition) is 1. The van der Waals surface area contributed by atoms with Gasteiger partial charge in [0.2, 0.25) is 0 Å². The average molecular weight is 371 g/mol. The first-order chi connectivity index (χ1) is 13.1. The summed E-state index contributed by atoms with van der Waals surface area (Å²) in [5.41, 5.74) is 2.19. The Morgan fingerprint density at radius 3 is 2.56 bits per heavy atom. The maximum absolute atomic E-state index is 13.0. The number of carbonyl (C=O) groups is 1. The molecule has 0 aromatic heterocycles. The van der Waals surface area contributed by atoms with Crippen molar-refractivity contribution in [3.8, 4) is 0 Å². The minimum Gasteiger partial charge on any atom is -0.445 e. The number of rotatable bonds is 8. The van der Waals surface area contributed by atoms with Crippen molar-refractivity contribution in [2.45, 2.75) is 64.6 Å². The van der Waals surface area contributed by atoms with Crippen molar-refractivity contribution >= 4 is 6.09 Å². The van der Waals surface area contributed by atoms with Crippen molar-refractivity contribution in [2.24, 2.45) is 0 Å². The normalized spacial score (nSPS) is 23.1. The fourth-order valence-corrected chi connectivity index (χ4v) is 3.94. The number of nitrogens with one attached hydrogen (secondary N) is 1. The molecule has 1 saturated heterocycles. The molecule has 148 valence electrons. The molecule has 1 heterocycles. The van der Waals surface area contributed by atoms with Gasteiger partial charge in [-0.1, -0.05) is 62.9 Å². The summed E-state index contributed by atoms with van der Waals surface area (Å²) in [7, 11) is 0. The summed E-state index contributed by atoms with van der Waals surface area (Å²) in [5, 5.41) is 3.59. The van der Waals surface area contributed by atoms with Crippen LogP contribution in [-0.2, 0) is 11.2 Å². The average Bonchev–Trinajstić information content (AvgIpc) is 2.69. The van der Waals surface area contributed by atoms with E-state index in [9.17, 15) is 4.79 Å². The minimum absolute atomic E-state index is 0.139. The highest BCUT2D eigenvalue weighted by molar-refractivity contribution is 5.69. The van der Waals surface area contributed by atoms with Crippen molar-refractivity contribution in [3.05, 3.63) is 60.2 Å². The van der Waals surface area contributed by atoms with E-state index in [1.165, 1.54) is 5.56 Å². The lowest BCUT2D eigenvalue weighted by Crippen LogP contribution is -2.57. The molecule has 0 radical (unpaired) electrons. The third-order valence-electron chi connectivity index (χ3n) is 5.38. The molecule has 1 aromatic rings. The number of amides is 1. The van der Waals surface area contributed by atoms with Crippen molar-refractivity contribution in [2.75, 3.05) is 13.2 Å². The summed E-state index contributed by atoms with van der Waals surface area (Å²) in [6, 6.07) is 11.2. The Hall–Kier alpha value is -2.07. The van der Waals surface area contributed by atoms with Gasteiger partial charge in [0.1, 0.15) is 6.61 Å². The van der Waals surface area contributed by atoms with E-state index in [1.807, 2.05) is 24.0 Å². The molecule has 0 bridgehead atoms. The second kappa shape index (κ2) is 10.9. The van der Waals surface area contributed by atoms with Gasteiger partial charge in [-0.05, 0) is 50.3 Å². The molecule has 1 fully saturated rings. The van der Waals surface area contributed by atoms with Crippen LogP contribution in [0.5, 0.6) is 0 Å². The number of allylic oxidation sites excluding steroid dienone is 1. The summed E-state index contributed by atoms with van der Waals surface area (Å²) in [5.74, 6) is 0. The Morgan fingerprint density at radius 2 is 1.96 bits per heavy atom. The zero-order chi connectivity index (χ0) is 19.6. The predicted molar refractivity (Wildman–Crippen MR) is 112 cm³/mol. The molecule has 2 rings (SSSR count). The van der Waals surface area contributed by atoms with E-state index < -0.39 is 0 Å². The van der Waals surface area contributed by atoms with E-state index >= 15 is 0 Å². The van der Waals surface area contributed by atoms with Gasteiger partial charge in [-0.25, -0.2) is 4.79 Å². The highest BCUT2D eigenvalue weighted by atomic mass is 16.6. The highest BCUT2D eigenvalue weighted by Gasteiger charge is 2.38. The van der Waals surface area contributed by atoms with Gasteiger partial charge < -0.3 is 15.0 Å². The third kappa shape index (κ3) is 5.96. The number of benzene rings is 1. The summed E-state index contributed by atoms with van der Waals surface area (Å²) in [4.78, 5) is 15.0. The Kier molecular flexibility index (Phi) is 8.59. The highest BCUT2D eigenvalue weighted by Crippen LogP contribution is 2.29. The lowest BCUT2D eigenvalue weighted by molar-refractivity contribution is 0.0400. The van der Waals surface area contributed by atoms with Crippen LogP contribution in [0.3, 0.4) is 0 Å². The zero-order valence-electron chi connectivity index (χ0n) is 17.0. The van der Waals surface area contributed by atoms with Crippen LogP contribution in [0.15, 0.2) is 54.6 Å². The second-order valence-electron chi connectivity index (χ2n) is 7.16. The van der Waals surface area contributed by atoms with Crippen molar-refractivity contribution in [1.29, 1.82) is 0 Å². The zero-order valence-corrected chi connectivity index (χ0v) is 17.0. The third-order valence-corrected chi connectivity index (χ3v) is 5.38. The molecular weight excluding hydrogens is 336 g/mol. The molecule has 4 heteroatoms. The van der Waals surface area contributed by atoms with Crippen LogP contribution in [-0.4, -0.2) is 42.3 Å². The molecule has 3 atom stereocenters. The molecule has 1 aliphatic heterocycles. The summed E-state index contributed by atoms with van der Waals surface area (Å²) in [6.45, 7) is 11.2. The standard InChI is InChI=1S/C23H34N2O2/c1-5-18(6-2)17-27-23(26)25-21(7-3)15-20(24-8-4)16-22(25)14-19-12-10-9-11-13-19/h5-6,9-13,20-22,24H,1,7-8,14-17H2,2-4H3/b18-6+. The number of hydrogen-bond acceptors (Lipinski definition) is 3. The van der Waals surface area contributed by atoms with Crippen LogP contribution in [0.4, 0.5) is 4.79 Å². The van der Waals surface area contributed by atoms with E-state index in [-0.39, 0.29) is 24.8 Å². The Balaban J connectivity index is 2.18. The maximum Gasteiger partial charge on any atom is 0.410 e. The smallest absolute Gasteiger partial charge is 0.410 e. The molecule has 1 aromatic carbocycles. The Bertz CT molecular complexity index is 627. The first-order valence-electron chi connectivity index (χ1n) is 10.1. The van der Waals surface area contributed by atoms with E-state index in [0.717, 1.165) is 37.8 Å². The van der Waals surface area contributed by atoms with Crippen LogP contribution in [0.25, 0.3) is 0 Å². The van der Waals surface area contributed by atoms with Crippen LogP contribution in [0.2, 0.25) is 0 Å². The van der Waals surface area contributed by atoms with Gasteiger partial charge in [-0.3, -0.25) is 0 Å². The summed E-state index contributed by atoms with van der Waals surface area (Å²) < 4.78 is 5.65. The van der Waals surface area contributed by atoms with Gasteiger partial charge in [0.25, 0.3) is 0 Å².